The first kappa shape index (κ1) is 17.9. The zero-order valence-corrected chi connectivity index (χ0v) is 16.5. The fraction of sp³-hybridized carbons (Fsp3) is 0.545. The van der Waals surface area contributed by atoms with E-state index in [0.717, 1.165) is 43.9 Å². The Balaban J connectivity index is 1.25. The minimum absolute atomic E-state index is 0.0308. The van der Waals surface area contributed by atoms with Crippen LogP contribution in [0.2, 0.25) is 0 Å². The van der Waals surface area contributed by atoms with Gasteiger partial charge in [-0.05, 0) is 44.9 Å². The number of amides is 1. The number of nitrogens with zero attached hydrogens (tertiary/aromatic N) is 2. The average molecular weight is 381 g/mol. The van der Waals surface area contributed by atoms with Gasteiger partial charge in [-0.1, -0.05) is 6.07 Å². The minimum atomic E-state index is -0.0467. The van der Waals surface area contributed by atoms with Gasteiger partial charge in [-0.15, -0.1) is 0 Å². The molecule has 28 heavy (non-hydrogen) atoms. The monoisotopic (exact) mass is 381 g/mol. The maximum Gasteiger partial charge on any atom is 0.254 e. The number of aryl methyl sites for hydroxylation is 2. The summed E-state index contributed by atoms with van der Waals surface area (Å²) in [6.07, 6.45) is 4.35. The van der Waals surface area contributed by atoms with E-state index in [9.17, 15) is 4.79 Å². The topological polar surface area (TPSA) is 67.6 Å². The Morgan fingerprint density at radius 2 is 2.29 bits per heavy atom. The Hall–Kier alpha value is -2.18. The number of carbonyl (C=O) groups excluding carboxylic acids is 1. The van der Waals surface area contributed by atoms with Crippen LogP contribution in [0.15, 0.2) is 34.9 Å². The maximum absolute atomic E-state index is 12.6. The Morgan fingerprint density at radius 3 is 3.04 bits per heavy atom. The summed E-state index contributed by atoms with van der Waals surface area (Å²) in [6, 6.07) is 7.88. The molecule has 0 radical (unpaired) electrons. The third-order valence-corrected chi connectivity index (χ3v) is 6.75. The van der Waals surface area contributed by atoms with Gasteiger partial charge < -0.3 is 14.5 Å². The lowest BCUT2D eigenvalue weighted by Gasteiger charge is -2.29. The van der Waals surface area contributed by atoms with Gasteiger partial charge in [0, 0.05) is 44.2 Å². The van der Waals surface area contributed by atoms with Crippen LogP contribution < -0.4 is 5.32 Å². The lowest BCUT2D eigenvalue weighted by molar-refractivity contribution is 0.00204. The van der Waals surface area contributed by atoms with Crippen LogP contribution in [0.4, 0.5) is 0 Å². The fourth-order valence-corrected chi connectivity index (χ4v) is 5.56. The molecule has 0 aromatic carbocycles. The van der Waals surface area contributed by atoms with Crippen LogP contribution in [0.1, 0.15) is 40.4 Å². The number of pyridine rings is 1. The Morgan fingerprint density at radius 1 is 1.39 bits per heavy atom. The van der Waals surface area contributed by atoms with E-state index in [-0.39, 0.29) is 17.6 Å². The van der Waals surface area contributed by atoms with Crippen LogP contribution in [0.5, 0.6) is 0 Å². The SMILES string of the molecule is Cc1cc(C(=O)NC[C@H]2[C@H]3CN(Cc4ccccn4)C[C@]34CC[C@H]2O4)c(C)o1. The van der Waals surface area contributed by atoms with E-state index in [4.69, 9.17) is 9.15 Å². The summed E-state index contributed by atoms with van der Waals surface area (Å²) in [5.41, 5.74) is 1.71. The largest absolute Gasteiger partial charge is 0.466 e. The first-order valence-electron chi connectivity index (χ1n) is 10.2. The van der Waals surface area contributed by atoms with Gasteiger partial charge in [0.1, 0.15) is 11.5 Å². The first-order chi connectivity index (χ1) is 13.5. The van der Waals surface area contributed by atoms with Gasteiger partial charge in [-0.25, -0.2) is 0 Å². The molecule has 2 aromatic heterocycles. The number of fused-ring (bicyclic) bond motifs is 1. The predicted octanol–water partition coefficient (Wildman–Crippen LogP) is 2.70. The van der Waals surface area contributed by atoms with E-state index < -0.39 is 0 Å². The molecule has 3 aliphatic rings. The molecule has 1 spiro atoms. The van der Waals surface area contributed by atoms with Crippen molar-refractivity contribution in [2.75, 3.05) is 19.6 Å². The molecule has 0 saturated carbocycles. The number of hydrogen-bond acceptors (Lipinski definition) is 5. The quantitative estimate of drug-likeness (QED) is 0.863. The van der Waals surface area contributed by atoms with Crippen molar-refractivity contribution in [2.45, 2.75) is 44.9 Å². The van der Waals surface area contributed by atoms with Crippen molar-refractivity contribution in [3.63, 3.8) is 0 Å². The number of ether oxygens (including phenoxy) is 1. The summed E-state index contributed by atoms with van der Waals surface area (Å²) in [6.45, 7) is 7.21. The van der Waals surface area contributed by atoms with Gasteiger partial charge in [0.05, 0.1) is 23.0 Å². The second-order valence-corrected chi connectivity index (χ2v) is 8.56. The van der Waals surface area contributed by atoms with Crippen molar-refractivity contribution in [1.82, 2.24) is 15.2 Å². The number of hydrogen-bond donors (Lipinski definition) is 1. The smallest absolute Gasteiger partial charge is 0.254 e. The number of likely N-dealkylation sites (tertiary alicyclic amines) is 1. The summed E-state index contributed by atoms with van der Waals surface area (Å²) in [7, 11) is 0. The molecule has 1 amide bonds. The number of nitrogens with one attached hydrogen (secondary N) is 1. The van der Waals surface area contributed by atoms with E-state index in [1.807, 2.05) is 38.2 Å². The highest BCUT2D eigenvalue weighted by molar-refractivity contribution is 5.95. The molecule has 6 nitrogen and oxygen atoms in total. The third-order valence-electron chi connectivity index (χ3n) is 6.75. The molecule has 3 fully saturated rings. The van der Waals surface area contributed by atoms with Gasteiger partial charge in [-0.2, -0.15) is 0 Å². The molecule has 6 heteroatoms. The van der Waals surface area contributed by atoms with Crippen LogP contribution in [-0.2, 0) is 11.3 Å². The summed E-state index contributed by atoms with van der Waals surface area (Å²) >= 11 is 0. The molecular weight excluding hydrogens is 354 g/mol. The normalized spacial score (nSPS) is 31.3. The molecule has 3 aliphatic heterocycles. The highest BCUT2D eigenvalue weighted by Crippen LogP contribution is 2.54. The van der Waals surface area contributed by atoms with Gasteiger partial charge in [-0.3, -0.25) is 14.7 Å². The van der Waals surface area contributed by atoms with E-state index >= 15 is 0 Å². The number of carbonyl (C=O) groups is 1. The number of rotatable bonds is 5. The Kier molecular flexibility index (Phi) is 4.29. The van der Waals surface area contributed by atoms with Crippen molar-refractivity contribution < 1.29 is 13.9 Å². The Bertz CT molecular complexity index is 880. The van der Waals surface area contributed by atoms with Crippen LogP contribution >= 0.6 is 0 Å². The molecule has 0 unspecified atom stereocenters. The summed E-state index contributed by atoms with van der Waals surface area (Å²) < 4.78 is 12.0. The van der Waals surface area contributed by atoms with Gasteiger partial charge >= 0.3 is 0 Å². The second kappa shape index (κ2) is 6.71. The summed E-state index contributed by atoms with van der Waals surface area (Å²) in [5.74, 6) is 2.25. The number of aromatic nitrogens is 1. The molecule has 5 rings (SSSR count). The predicted molar refractivity (Wildman–Crippen MR) is 104 cm³/mol. The standard InChI is InChI=1S/C22H27N3O3/c1-14-9-17(15(2)27-14)21(26)24-10-18-19-12-25(11-16-5-3-4-8-23-16)13-22(19)7-6-20(18)28-22/h3-5,8-9,18-20H,6-7,10-13H2,1-2H3,(H,24,26)/t18-,19+,20+,22+/m0/s1. The third kappa shape index (κ3) is 2.95. The van der Waals surface area contributed by atoms with Gasteiger partial charge in [0.2, 0.25) is 0 Å². The van der Waals surface area contributed by atoms with Gasteiger partial charge in [0.15, 0.2) is 0 Å². The highest BCUT2D eigenvalue weighted by Gasteiger charge is 2.62. The molecular formula is C22H27N3O3. The molecule has 4 atom stereocenters. The molecule has 0 aliphatic carbocycles. The summed E-state index contributed by atoms with van der Waals surface area (Å²) in [5, 5.41) is 3.14. The maximum atomic E-state index is 12.6. The van der Waals surface area contributed by atoms with E-state index in [0.29, 0.717) is 29.7 Å². The van der Waals surface area contributed by atoms with Crippen molar-refractivity contribution in [3.05, 3.63) is 53.2 Å². The second-order valence-electron chi connectivity index (χ2n) is 8.56. The fourth-order valence-electron chi connectivity index (χ4n) is 5.56. The zero-order valence-electron chi connectivity index (χ0n) is 16.5. The van der Waals surface area contributed by atoms with E-state index in [1.165, 1.54) is 0 Å². The van der Waals surface area contributed by atoms with Crippen LogP contribution in [-0.4, -0.2) is 47.1 Å². The lowest BCUT2D eigenvalue weighted by atomic mass is 9.73. The van der Waals surface area contributed by atoms with Crippen molar-refractivity contribution >= 4 is 5.91 Å². The average Bonchev–Trinajstić information content (AvgIpc) is 3.40. The first-order valence-corrected chi connectivity index (χ1v) is 10.2. The lowest BCUT2D eigenvalue weighted by Crippen LogP contribution is -2.41. The zero-order chi connectivity index (χ0) is 19.3. The molecule has 3 saturated heterocycles. The van der Waals surface area contributed by atoms with Crippen molar-refractivity contribution in [1.29, 1.82) is 0 Å². The minimum Gasteiger partial charge on any atom is -0.466 e. The van der Waals surface area contributed by atoms with Crippen LogP contribution in [0.25, 0.3) is 0 Å². The van der Waals surface area contributed by atoms with Crippen molar-refractivity contribution in [3.8, 4) is 0 Å². The van der Waals surface area contributed by atoms with Crippen molar-refractivity contribution in [2.24, 2.45) is 11.8 Å². The van der Waals surface area contributed by atoms with E-state index in [2.05, 4.69) is 21.3 Å². The summed E-state index contributed by atoms with van der Waals surface area (Å²) in [4.78, 5) is 19.5. The van der Waals surface area contributed by atoms with Crippen LogP contribution in [0, 0.1) is 25.7 Å². The molecule has 5 heterocycles. The Labute approximate surface area is 165 Å². The molecule has 2 bridgehead atoms. The molecule has 148 valence electrons. The van der Waals surface area contributed by atoms with E-state index in [1.54, 1.807) is 0 Å². The highest BCUT2D eigenvalue weighted by atomic mass is 16.5. The molecule has 2 aromatic rings. The van der Waals surface area contributed by atoms with Crippen LogP contribution in [0.3, 0.4) is 0 Å². The van der Waals surface area contributed by atoms with Gasteiger partial charge in [0.25, 0.3) is 5.91 Å². The molecule has 1 N–H and O–H groups in total. The number of furan rings is 1.